The molecular weight excluding hydrogens is 270 g/mol. The van der Waals surface area contributed by atoms with E-state index in [1.54, 1.807) is 0 Å². The summed E-state index contributed by atoms with van der Waals surface area (Å²) in [4.78, 5) is 3.82. The molecule has 2 aromatic rings. The molecule has 0 radical (unpaired) electrons. The van der Waals surface area contributed by atoms with Crippen molar-refractivity contribution in [1.82, 2.24) is 4.98 Å². The summed E-state index contributed by atoms with van der Waals surface area (Å²) in [6.07, 6.45) is -4.58. The smallest absolute Gasteiger partial charge is 0.390 e. The predicted octanol–water partition coefficient (Wildman–Crippen LogP) is 3.46. The van der Waals surface area contributed by atoms with E-state index in [2.05, 4.69) is 4.98 Å². The van der Waals surface area contributed by atoms with Gasteiger partial charge >= 0.3 is 6.18 Å². The highest BCUT2D eigenvalue weighted by atomic mass is 32.1. The van der Waals surface area contributed by atoms with Gasteiger partial charge in [-0.25, -0.2) is 9.37 Å². The number of halogens is 4. The molecule has 2 nitrogen and oxygen atoms in total. The summed E-state index contributed by atoms with van der Waals surface area (Å²) in [5, 5.41) is 10.3. The normalized spacial score (nSPS) is 11.8. The number of aliphatic hydroxyl groups excluding tert-OH is 1. The maximum Gasteiger partial charge on any atom is 0.417 e. The molecule has 0 aliphatic rings. The van der Waals surface area contributed by atoms with Gasteiger partial charge in [0, 0.05) is 10.9 Å². The van der Waals surface area contributed by atoms with Crippen molar-refractivity contribution in [1.29, 1.82) is 0 Å². The van der Waals surface area contributed by atoms with E-state index in [-0.39, 0.29) is 22.9 Å². The Labute approximate surface area is 104 Å². The Morgan fingerprint density at radius 1 is 1.28 bits per heavy atom. The van der Waals surface area contributed by atoms with Crippen molar-refractivity contribution in [2.75, 3.05) is 0 Å². The molecule has 1 aromatic heterocycles. The van der Waals surface area contributed by atoms with E-state index in [4.69, 9.17) is 5.11 Å². The van der Waals surface area contributed by atoms with Crippen LogP contribution >= 0.6 is 11.3 Å². The molecule has 0 aliphatic heterocycles. The third kappa shape index (κ3) is 2.51. The van der Waals surface area contributed by atoms with E-state index in [1.165, 1.54) is 5.38 Å². The molecule has 0 saturated heterocycles. The highest BCUT2D eigenvalue weighted by Gasteiger charge is 2.34. The largest absolute Gasteiger partial charge is 0.417 e. The van der Waals surface area contributed by atoms with Crippen LogP contribution in [0.1, 0.15) is 11.3 Å². The molecule has 0 aliphatic carbocycles. The molecule has 0 atom stereocenters. The van der Waals surface area contributed by atoms with Crippen molar-refractivity contribution in [3.8, 4) is 10.6 Å². The van der Waals surface area contributed by atoms with Crippen LogP contribution in [0, 0.1) is 5.82 Å². The van der Waals surface area contributed by atoms with Crippen LogP contribution < -0.4 is 0 Å². The molecule has 96 valence electrons. The zero-order valence-electron chi connectivity index (χ0n) is 8.83. The summed E-state index contributed by atoms with van der Waals surface area (Å²) in [5.41, 5.74) is -0.998. The van der Waals surface area contributed by atoms with E-state index < -0.39 is 17.6 Å². The minimum absolute atomic E-state index is 0.0332. The Bertz CT molecular complexity index is 564. The first-order valence-corrected chi connectivity index (χ1v) is 5.72. The summed E-state index contributed by atoms with van der Waals surface area (Å²) < 4.78 is 51.3. The molecule has 0 saturated carbocycles. The first-order chi connectivity index (χ1) is 8.41. The van der Waals surface area contributed by atoms with Crippen LogP contribution in [-0.4, -0.2) is 10.1 Å². The second kappa shape index (κ2) is 4.66. The minimum Gasteiger partial charge on any atom is -0.390 e. The molecule has 1 N–H and O–H groups in total. The molecule has 0 bridgehead atoms. The molecule has 1 heterocycles. The van der Waals surface area contributed by atoms with E-state index >= 15 is 0 Å². The third-order valence-corrected chi connectivity index (χ3v) is 3.16. The first kappa shape index (κ1) is 13.0. The Hall–Kier alpha value is -1.47. The number of hydrogen-bond acceptors (Lipinski definition) is 3. The standard InChI is InChI=1S/C11H7F4NOS/c12-6-1-2-9(11(13,14)15)8(3-6)10-16-7(4-17)5-18-10/h1-3,5,17H,4H2. The number of rotatable bonds is 2. The van der Waals surface area contributed by atoms with Crippen LogP contribution in [0.3, 0.4) is 0 Å². The monoisotopic (exact) mass is 277 g/mol. The maximum atomic E-state index is 13.1. The zero-order chi connectivity index (χ0) is 13.3. The van der Waals surface area contributed by atoms with Crippen molar-refractivity contribution in [3.05, 3.63) is 40.7 Å². The van der Waals surface area contributed by atoms with Gasteiger partial charge in [-0.15, -0.1) is 11.3 Å². The van der Waals surface area contributed by atoms with Gasteiger partial charge in [-0.1, -0.05) is 0 Å². The van der Waals surface area contributed by atoms with Crippen LogP contribution in [0.5, 0.6) is 0 Å². The summed E-state index contributed by atoms with van der Waals surface area (Å²) in [6, 6.07) is 2.24. The van der Waals surface area contributed by atoms with Gasteiger partial charge in [0.1, 0.15) is 10.8 Å². The average molecular weight is 277 g/mol. The number of thiazole rings is 1. The molecule has 0 unspecified atom stereocenters. The zero-order valence-corrected chi connectivity index (χ0v) is 9.65. The molecule has 0 fully saturated rings. The molecule has 0 amide bonds. The van der Waals surface area contributed by atoms with Gasteiger partial charge in [-0.2, -0.15) is 13.2 Å². The maximum absolute atomic E-state index is 13.1. The van der Waals surface area contributed by atoms with Crippen molar-refractivity contribution in [3.63, 3.8) is 0 Å². The Balaban J connectivity index is 2.58. The van der Waals surface area contributed by atoms with E-state index in [0.29, 0.717) is 6.07 Å². The van der Waals surface area contributed by atoms with E-state index in [9.17, 15) is 17.6 Å². The molecule has 18 heavy (non-hydrogen) atoms. The molecule has 2 rings (SSSR count). The summed E-state index contributed by atoms with van der Waals surface area (Å²) in [5.74, 6) is -0.765. The summed E-state index contributed by atoms with van der Waals surface area (Å²) >= 11 is 0.928. The number of benzene rings is 1. The fourth-order valence-corrected chi connectivity index (χ4v) is 2.28. The minimum atomic E-state index is -4.58. The fraction of sp³-hybridized carbons (Fsp3) is 0.182. The second-order valence-electron chi connectivity index (χ2n) is 3.49. The first-order valence-electron chi connectivity index (χ1n) is 4.84. The highest BCUT2D eigenvalue weighted by molar-refractivity contribution is 7.13. The third-order valence-electron chi connectivity index (χ3n) is 2.23. The SMILES string of the molecule is OCc1csc(-c2cc(F)ccc2C(F)(F)F)n1. The molecule has 7 heteroatoms. The van der Waals surface area contributed by atoms with Gasteiger partial charge in [-0.3, -0.25) is 0 Å². The van der Waals surface area contributed by atoms with E-state index in [0.717, 1.165) is 23.5 Å². The lowest BCUT2D eigenvalue weighted by Gasteiger charge is -2.10. The predicted molar refractivity (Wildman–Crippen MR) is 58.4 cm³/mol. The summed E-state index contributed by atoms with van der Waals surface area (Å²) in [6.45, 7) is -0.368. The number of aliphatic hydroxyl groups is 1. The van der Waals surface area contributed by atoms with Crippen LogP contribution in [0.15, 0.2) is 23.6 Å². The van der Waals surface area contributed by atoms with Crippen molar-refractivity contribution in [2.45, 2.75) is 12.8 Å². The Morgan fingerprint density at radius 2 is 2.00 bits per heavy atom. The molecular formula is C11H7F4NOS. The lowest BCUT2D eigenvalue weighted by atomic mass is 10.1. The van der Waals surface area contributed by atoms with Crippen LogP contribution in [0.2, 0.25) is 0 Å². The number of nitrogens with zero attached hydrogens (tertiary/aromatic N) is 1. The van der Waals surface area contributed by atoms with Gasteiger partial charge in [0.05, 0.1) is 17.9 Å². The summed E-state index contributed by atoms with van der Waals surface area (Å²) in [7, 11) is 0. The topological polar surface area (TPSA) is 33.1 Å². The lowest BCUT2D eigenvalue weighted by Crippen LogP contribution is -2.07. The average Bonchev–Trinajstić information content (AvgIpc) is 2.75. The van der Waals surface area contributed by atoms with Crippen LogP contribution in [0.25, 0.3) is 10.6 Å². The lowest BCUT2D eigenvalue weighted by molar-refractivity contribution is -0.137. The van der Waals surface area contributed by atoms with Crippen molar-refractivity contribution >= 4 is 11.3 Å². The van der Waals surface area contributed by atoms with Gasteiger partial charge < -0.3 is 5.11 Å². The van der Waals surface area contributed by atoms with Crippen molar-refractivity contribution in [2.24, 2.45) is 0 Å². The number of hydrogen-bond donors (Lipinski definition) is 1. The quantitative estimate of drug-likeness (QED) is 0.853. The second-order valence-corrected chi connectivity index (χ2v) is 4.35. The number of aromatic nitrogens is 1. The van der Waals surface area contributed by atoms with Crippen LogP contribution in [-0.2, 0) is 12.8 Å². The Kier molecular flexibility index (Phi) is 3.36. The van der Waals surface area contributed by atoms with Gasteiger partial charge in [0.15, 0.2) is 0 Å². The van der Waals surface area contributed by atoms with Crippen LogP contribution in [0.4, 0.5) is 17.6 Å². The van der Waals surface area contributed by atoms with Gasteiger partial charge in [0.2, 0.25) is 0 Å². The van der Waals surface area contributed by atoms with Crippen molar-refractivity contribution < 1.29 is 22.7 Å². The van der Waals surface area contributed by atoms with Gasteiger partial charge in [-0.05, 0) is 18.2 Å². The number of alkyl halides is 3. The molecule has 0 spiro atoms. The fourth-order valence-electron chi connectivity index (χ4n) is 1.44. The molecule has 1 aromatic carbocycles. The highest BCUT2D eigenvalue weighted by Crippen LogP contribution is 2.38. The Morgan fingerprint density at radius 3 is 2.56 bits per heavy atom. The van der Waals surface area contributed by atoms with E-state index in [1.807, 2.05) is 0 Å². The van der Waals surface area contributed by atoms with Gasteiger partial charge in [0.25, 0.3) is 0 Å².